The summed E-state index contributed by atoms with van der Waals surface area (Å²) in [4.78, 5) is 38.2. The van der Waals surface area contributed by atoms with Gasteiger partial charge in [-0.3, -0.25) is 14.4 Å². The number of likely N-dealkylation sites (N-methyl/N-ethyl adjacent to an activating group) is 1. The van der Waals surface area contributed by atoms with Crippen LogP contribution in [0.15, 0.2) is 24.3 Å². The molecule has 2 amide bonds. The Morgan fingerprint density at radius 2 is 1.79 bits per heavy atom. The quantitative estimate of drug-likeness (QED) is 0.277. The third-order valence-electron chi connectivity index (χ3n) is 6.44. The molecule has 1 saturated carbocycles. The topological polar surface area (TPSA) is 112 Å². The highest BCUT2D eigenvalue weighted by Crippen LogP contribution is 2.46. The Morgan fingerprint density at radius 3 is 2.38 bits per heavy atom. The zero-order valence-electron chi connectivity index (χ0n) is 18.7. The van der Waals surface area contributed by atoms with Crippen LogP contribution in [0.1, 0.15) is 52.8 Å². The van der Waals surface area contributed by atoms with Crippen molar-refractivity contribution < 1.29 is 32.7 Å². The molecule has 2 heterocycles. The lowest BCUT2D eigenvalue weighted by Gasteiger charge is -2.45. The minimum Gasteiger partial charge on any atom is -0.369 e. The number of rotatable bonds is 7. The van der Waals surface area contributed by atoms with Gasteiger partial charge in [0.15, 0.2) is 6.23 Å². The van der Waals surface area contributed by atoms with Crippen LogP contribution in [-0.2, 0) is 22.6 Å². The van der Waals surface area contributed by atoms with Crippen molar-refractivity contribution >= 4 is 23.3 Å². The first kappa shape index (κ1) is 23.8. The Labute approximate surface area is 193 Å². The molecule has 182 valence electrons. The number of anilines is 1. The van der Waals surface area contributed by atoms with Crippen molar-refractivity contribution in [3.63, 3.8) is 0 Å². The van der Waals surface area contributed by atoms with Crippen molar-refractivity contribution in [1.82, 2.24) is 15.2 Å². The predicted octanol–water partition coefficient (Wildman–Crippen LogP) is 2.20. The van der Waals surface area contributed by atoms with Gasteiger partial charge in [0.2, 0.25) is 5.91 Å². The lowest BCUT2D eigenvalue weighted by molar-refractivity contribution is -0.164. The number of alkyl halides is 2. The number of aliphatic hydroxyl groups is 1. The number of carbonyl (C=O) groups excluding carboxylic acids is 3. The SMILES string of the molecule is CNC(=O)C1(NC(=O)C(=O)c2c(C)c(C(O)Nc3ccc(F)cc3)c3n2CCC3)CC(F)(F)C1. The number of aliphatic hydroxyl groups excluding tert-OH is 1. The first-order valence-corrected chi connectivity index (χ1v) is 10.9. The zero-order valence-corrected chi connectivity index (χ0v) is 18.7. The molecule has 1 atom stereocenters. The van der Waals surface area contributed by atoms with E-state index in [0.717, 1.165) is 0 Å². The Bertz CT molecular complexity index is 1150. The summed E-state index contributed by atoms with van der Waals surface area (Å²) in [5.74, 6) is -6.48. The van der Waals surface area contributed by atoms with E-state index in [1.54, 1.807) is 11.5 Å². The smallest absolute Gasteiger partial charge is 0.294 e. The van der Waals surface area contributed by atoms with E-state index in [9.17, 15) is 32.7 Å². The van der Waals surface area contributed by atoms with Crippen molar-refractivity contribution in [3.05, 3.63) is 52.6 Å². The van der Waals surface area contributed by atoms with Crippen molar-refractivity contribution in [1.29, 1.82) is 0 Å². The molecule has 0 saturated heterocycles. The number of benzene rings is 1. The number of Topliss-reactive ketones (excluding diaryl/α,β-unsaturated/α-hetero) is 1. The molecular weight excluding hydrogens is 453 g/mol. The number of hydrogen-bond acceptors (Lipinski definition) is 5. The lowest BCUT2D eigenvalue weighted by Crippen LogP contribution is -2.69. The molecule has 1 aromatic carbocycles. The number of amides is 2. The molecule has 4 rings (SSSR count). The number of aromatic nitrogens is 1. The van der Waals surface area contributed by atoms with Gasteiger partial charge in [-0.25, -0.2) is 13.2 Å². The van der Waals surface area contributed by atoms with Crippen LogP contribution in [0.25, 0.3) is 0 Å². The molecule has 0 spiro atoms. The highest BCUT2D eigenvalue weighted by Gasteiger charge is 2.62. The Morgan fingerprint density at radius 1 is 1.15 bits per heavy atom. The number of ketones is 1. The van der Waals surface area contributed by atoms with E-state index in [1.807, 2.05) is 0 Å². The summed E-state index contributed by atoms with van der Waals surface area (Å²) in [5.41, 5.74) is 0.102. The number of hydrogen-bond donors (Lipinski definition) is 4. The van der Waals surface area contributed by atoms with Crippen LogP contribution >= 0.6 is 0 Å². The second kappa shape index (κ2) is 8.46. The summed E-state index contributed by atoms with van der Waals surface area (Å²) in [6.45, 7) is 2.02. The van der Waals surface area contributed by atoms with Crippen LogP contribution in [0, 0.1) is 12.7 Å². The minimum absolute atomic E-state index is 0.0399. The first-order valence-electron chi connectivity index (χ1n) is 10.9. The molecule has 2 aromatic rings. The van der Waals surface area contributed by atoms with Crippen LogP contribution < -0.4 is 16.0 Å². The van der Waals surface area contributed by atoms with Crippen LogP contribution in [0.2, 0.25) is 0 Å². The van der Waals surface area contributed by atoms with Crippen molar-refractivity contribution in [2.75, 3.05) is 12.4 Å². The minimum atomic E-state index is -3.11. The van der Waals surface area contributed by atoms with Gasteiger partial charge in [-0.15, -0.1) is 0 Å². The van der Waals surface area contributed by atoms with Gasteiger partial charge in [0.05, 0.1) is 5.69 Å². The van der Waals surface area contributed by atoms with E-state index in [4.69, 9.17) is 0 Å². The van der Waals surface area contributed by atoms with Gasteiger partial charge in [-0.05, 0) is 49.6 Å². The zero-order chi connectivity index (χ0) is 24.8. The van der Waals surface area contributed by atoms with Crippen LogP contribution in [0.5, 0.6) is 0 Å². The molecular formula is C23H25F3N4O4. The van der Waals surface area contributed by atoms with E-state index in [0.29, 0.717) is 41.9 Å². The van der Waals surface area contributed by atoms with E-state index >= 15 is 0 Å². The van der Waals surface area contributed by atoms with Crippen molar-refractivity contribution in [2.24, 2.45) is 0 Å². The fourth-order valence-corrected chi connectivity index (χ4v) is 4.94. The van der Waals surface area contributed by atoms with Gasteiger partial charge in [0.25, 0.3) is 17.6 Å². The maximum atomic E-state index is 13.6. The molecule has 1 aliphatic carbocycles. The van der Waals surface area contributed by atoms with Gasteiger partial charge >= 0.3 is 0 Å². The number of halogens is 3. The Kier molecular flexibility index (Phi) is 5.92. The third kappa shape index (κ3) is 4.04. The molecule has 8 nitrogen and oxygen atoms in total. The fraction of sp³-hybridized carbons (Fsp3) is 0.435. The maximum Gasteiger partial charge on any atom is 0.294 e. The summed E-state index contributed by atoms with van der Waals surface area (Å²) in [7, 11) is 1.26. The number of carbonyl (C=O) groups is 3. The predicted molar refractivity (Wildman–Crippen MR) is 116 cm³/mol. The standard InChI is InChI=1S/C23H25F3N4O4/c1-12-16(19(32)28-14-7-5-13(24)6-8-14)15-4-3-9-30(15)17(12)18(31)20(33)29-22(21(34)27-2)10-23(25,26)11-22/h5-8,19,28,32H,3-4,9-11H2,1-2H3,(H,27,34)(H,29,33). The summed E-state index contributed by atoms with van der Waals surface area (Å²) >= 11 is 0. The van der Waals surface area contributed by atoms with Crippen LogP contribution in [0.3, 0.4) is 0 Å². The van der Waals surface area contributed by atoms with Gasteiger partial charge in [-0.2, -0.15) is 0 Å². The highest BCUT2D eigenvalue weighted by molar-refractivity contribution is 6.43. The van der Waals surface area contributed by atoms with Crippen molar-refractivity contribution in [2.45, 2.75) is 56.8 Å². The molecule has 1 aromatic heterocycles. The molecule has 0 bridgehead atoms. The molecule has 1 aliphatic heterocycles. The molecule has 1 unspecified atom stereocenters. The summed E-state index contributed by atoms with van der Waals surface area (Å²) in [6, 6.07) is 5.38. The largest absolute Gasteiger partial charge is 0.369 e. The summed E-state index contributed by atoms with van der Waals surface area (Å²) < 4.78 is 42.0. The van der Waals surface area contributed by atoms with Crippen LogP contribution in [-0.4, -0.2) is 45.8 Å². The number of nitrogens with one attached hydrogen (secondary N) is 3. The maximum absolute atomic E-state index is 13.6. The van der Waals surface area contributed by atoms with Gasteiger partial charge in [-0.1, -0.05) is 0 Å². The Hall–Kier alpha value is -3.34. The van der Waals surface area contributed by atoms with E-state index < -0.39 is 53.9 Å². The number of nitrogens with zero attached hydrogens (tertiary/aromatic N) is 1. The Balaban J connectivity index is 1.61. The monoisotopic (exact) mass is 478 g/mol. The summed E-state index contributed by atoms with van der Waals surface area (Å²) in [6.07, 6.45) is -1.79. The molecule has 1 fully saturated rings. The van der Waals surface area contributed by atoms with Gasteiger partial charge in [0.1, 0.15) is 11.4 Å². The first-order chi connectivity index (χ1) is 16.0. The van der Waals surface area contributed by atoms with E-state index in [1.165, 1.54) is 31.3 Å². The molecule has 34 heavy (non-hydrogen) atoms. The molecule has 0 radical (unpaired) electrons. The van der Waals surface area contributed by atoms with E-state index in [-0.39, 0.29) is 5.69 Å². The second-order valence-electron chi connectivity index (χ2n) is 8.80. The van der Waals surface area contributed by atoms with Crippen LogP contribution in [0.4, 0.5) is 18.9 Å². The fourth-order valence-electron chi connectivity index (χ4n) is 4.94. The molecule has 11 heteroatoms. The lowest BCUT2D eigenvalue weighted by atomic mass is 9.72. The van der Waals surface area contributed by atoms with Gasteiger partial charge in [0, 0.05) is 43.4 Å². The average Bonchev–Trinajstić information content (AvgIpc) is 3.32. The molecule has 4 N–H and O–H groups in total. The molecule has 2 aliphatic rings. The third-order valence-corrected chi connectivity index (χ3v) is 6.44. The highest BCUT2D eigenvalue weighted by atomic mass is 19.3. The second-order valence-corrected chi connectivity index (χ2v) is 8.80. The normalized spacial score (nSPS) is 18.4. The van der Waals surface area contributed by atoms with E-state index in [2.05, 4.69) is 16.0 Å². The average molecular weight is 478 g/mol. The number of fused-ring (bicyclic) bond motifs is 1. The summed E-state index contributed by atoms with van der Waals surface area (Å²) in [5, 5.41) is 18.2. The van der Waals surface area contributed by atoms with Crippen molar-refractivity contribution in [3.8, 4) is 0 Å². The van der Waals surface area contributed by atoms with Gasteiger partial charge < -0.3 is 25.6 Å².